The molecule has 10 heteroatoms. The number of rotatable bonds is 8. The van der Waals surface area contributed by atoms with Crippen molar-refractivity contribution in [3.63, 3.8) is 0 Å². The van der Waals surface area contributed by atoms with Crippen molar-refractivity contribution >= 4 is 28.6 Å². The second-order valence-electron chi connectivity index (χ2n) is 8.88. The Balaban J connectivity index is 1.35. The van der Waals surface area contributed by atoms with Crippen LogP contribution in [0.25, 0.3) is 11.4 Å². The molecule has 2 aromatic heterocycles. The van der Waals surface area contributed by atoms with E-state index in [-0.39, 0.29) is 5.69 Å². The number of aromatic amines is 1. The van der Waals surface area contributed by atoms with Crippen molar-refractivity contribution in [2.24, 2.45) is 0 Å². The van der Waals surface area contributed by atoms with E-state index in [0.29, 0.717) is 40.7 Å². The van der Waals surface area contributed by atoms with E-state index in [1.807, 2.05) is 0 Å². The number of aromatic nitrogens is 5. The van der Waals surface area contributed by atoms with Crippen LogP contribution in [0.1, 0.15) is 71.6 Å². The fourth-order valence-corrected chi connectivity index (χ4v) is 4.71. The number of hydrogen-bond donors (Lipinski definition) is 3. The van der Waals surface area contributed by atoms with Crippen molar-refractivity contribution in [2.75, 3.05) is 17.2 Å². The molecule has 2 heterocycles. The van der Waals surface area contributed by atoms with E-state index in [9.17, 15) is 9.18 Å². The van der Waals surface area contributed by atoms with E-state index >= 15 is 0 Å². The van der Waals surface area contributed by atoms with Crippen LogP contribution in [-0.4, -0.2) is 38.1 Å². The third-order valence-corrected chi connectivity index (χ3v) is 7.06. The number of nitrogens with one attached hydrogen (secondary N) is 3. The molecular formula is C27H26FN7OS. The van der Waals surface area contributed by atoms with Gasteiger partial charge in [-0.15, -0.1) is 21.5 Å². The average Bonchev–Trinajstić information content (AvgIpc) is 3.56. The van der Waals surface area contributed by atoms with Crippen LogP contribution >= 0.6 is 11.3 Å². The highest BCUT2D eigenvalue weighted by Crippen LogP contribution is 2.36. The van der Waals surface area contributed by atoms with Crippen LogP contribution in [0.4, 0.5) is 15.8 Å². The van der Waals surface area contributed by atoms with Crippen molar-refractivity contribution in [1.29, 1.82) is 0 Å². The molecule has 0 atom stereocenters. The molecule has 1 aliphatic rings. The molecule has 2 aromatic carbocycles. The predicted octanol–water partition coefficient (Wildman–Crippen LogP) is 5.59. The second kappa shape index (κ2) is 11.3. The van der Waals surface area contributed by atoms with Gasteiger partial charge < -0.3 is 10.6 Å². The van der Waals surface area contributed by atoms with Gasteiger partial charge >= 0.3 is 0 Å². The van der Waals surface area contributed by atoms with Gasteiger partial charge in [0, 0.05) is 34.7 Å². The summed E-state index contributed by atoms with van der Waals surface area (Å²) in [5, 5.41) is 22.8. The Morgan fingerprint density at radius 2 is 2.08 bits per heavy atom. The quantitative estimate of drug-likeness (QED) is 0.208. The molecule has 5 rings (SSSR count). The van der Waals surface area contributed by atoms with Gasteiger partial charge in [0.15, 0.2) is 5.01 Å². The summed E-state index contributed by atoms with van der Waals surface area (Å²) >= 11 is 1.52. The van der Waals surface area contributed by atoms with Crippen LogP contribution in [0.2, 0.25) is 0 Å². The van der Waals surface area contributed by atoms with Crippen LogP contribution in [0.5, 0.6) is 0 Å². The molecule has 4 aromatic rings. The highest BCUT2D eigenvalue weighted by atomic mass is 32.1. The second-order valence-corrected chi connectivity index (χ2v) is 9.74. The number of unbranched alkanes of at least 4 members (excludes halogenated alkanes) is 1. The van der Waals surface area contributed by atoms with Crippen molar-refractivity contribution in [1.82, 2.24) is 25.6 Å². The lowest BCUT2D eigenvalue weighted by Gasteiger charge is -2.22. The fourth-order valence-electron chi connectivity index (χ4n) is 3.96. The molecule has 0 saturated heterocycles. The van der Waals surface area contributed by atoms with Gasteiger partial charge in [-0.3, -0.25) is 4.79 Å². The molecule has 8 nitrogen and oxygen atoms in total. The van der Waals surface area contributed by atoms with Gasteiger partial charge in [-0.25, -0.2) is 9.37 Å². The first kappa shape index (κ1) is 24.6. The largest absolute Gasteiger partial charge is 0.384 e. The van der Waals surface area contributed by atoms with E-state index in [1.54, 1.807) is 30.3 Å². The van der Waals surface area contributed by atoms with Gasteiger partial charge in [-0.05, 0) is 60.7 Å². The molecule has 3 N–H and O–H groups in total. The highest BCUT2D eigenvalue weighted by Gasteiger charge is 2.21. The third kappa shape index (κ3) is 5.84. The molecule has 0 bridgehead atoms. The maximum absolute atomic E-state index is 14.6. The number of halogens is 1. The summed E-state index contributed by atoms with van der Waals surface area (Å²) in [6.07, 6.45) is 5.57. The molecule has 0 unspecified atom stereocenters. The Bertz CT molecular complexity index is 1450. The number of anilines is 2. The van der Waals surface area contributed by atoms with Crippen LogP contribution in [0.3, 0.4) is 0 Å². The lowest BCUT2D eigenvalue weighted by atomic mass is 9.83. The molecule has 0 aliphatic heterocycles. The van der Waals surface area contributed by atoms with Crippen molar-refractivity contribution in [3.05, 3.63) is 69.4 Å². The van der Waals surface area contributed by atoms with Crippen LogP contribution in [0.15, 0.2) is 41.8 Å². The molecule has 1 amide bonds. The fraction of sp³-hybridized carbons (Fsp3) is 0.296. The molecule has 1 saturated carbocycles. The number of H-pyrrole nitrogens is 1. The van der Waals surface area contributed by atoms with E-state index in [4.69, 9.17) is 0 Å². The minimum Gasteiger partial charge on any atom is -0.384 e. The summed E-state index contributed by atoms with van der Waals surface area (Å²) in [5.41, 5.74) is 3.46. The molecule has 188 valence electrons. The maximum atomic E-state index is 14.6. The summed E-state index contributed by atoms with van der Waals surface area (Å²) in [6, 6.07) is 9.63. The number of carbonyl (C=O) groups is 1. The zero-order valence-electron chi connectivity index (χ0n) is 20.3. The van der Waals surface area contributed by atoms with Gasteiger partial charge in [0.2, 0.25) is 5.82 Å². The third-order valence-electron chi connectivity index (χ3n) is 6.29. The minimum absolute atomic E-state index is 0.0628. The first-order valence-electron chi connectivity index (χ1n) is 12.3. The zero-order chi connectivity index (χ0) is 25.6. The number of benzene rings is 2. The summed E-state index contributed by atoms with van der Waals surface area (Å²) in [4.78, 5) is 17.8. The maximum Gasteiger partial charge on any atom is 0.257 e. The SMILES string of the molecule is CCCCNc1cc(-c2nn[nH]n2)ccc1C(=O)Nc1cc(C#Cc2nc(C3CCC3)cs2)ccc1F. The van der Waals surface area contributed by atoms with Crippen LogP contribution < -0.4 is 10.6 Å². The molecule has 1 aliphatic carbocycles. The van der Waals surface area contributed by atoms with E-state index < -0.39 is 11.7 Å². The van der Waals surface area contributed by atoms with Gasteiger partial charge in [-0.2, -0.15) is 5.21 Å². The van der Waals surface area contributed by atoms with Crippen LogP contribution in [0, 0.1) is 17.7 Å². The molecule has 0 spiro atoms. The normalized spacial score (nSPS) is 12.9. The molecular weight excluding hydrogens is 489 g/mol. The summed E-state index contributed by atoms with van der Waals surface area (Å²) in [7, 11) is 0. The first-order valence-corrected chi connectivity index (χ1v) is 13.2. The number of nitrogens with zero attached hydrogens (tertiary/aromatic N) is 4. The summed E-state index contributed by atoms with van der Waals surface area (Å²) < 4.78 is 14.6. The highest BCUT2D eigenvalue weighted by molar-refractivity contribution is 7.10. The van der Waals surface area contributed by atoms with Gasteiger partial charge in [0.25, 0.3) is 5.91 Å². The number of amides is 1. The van der Waals surface area contributed by atoms with Crippen molar-refractivity contribution in [3.8, 4) is 23.2 Å². The Morgan fingerprint density at radius 3 is 2.84 bits per heavy atom. The van der Waals surface area contributed by atoms with E-state index in [0.717, 1.165) is 23.5 Å². The zero-order valence-corrected chi connectivity index (χ0v) is 21.2. The predicted molar refractivity (Wildman–Crippen MR) is 142 cm³/mol. The molecule has 1 fully saturated rings. The van der Waals surface area contributed by atoms with Gasteiger partial charge in [0.1, 0.15) is 5.82 Å². The lowest BCUT2D eigenvalue weighted by Crippen LogP contribution is -2.16. The number of thiazole rings is 1. The van der Waals surface area contributed by atoms with Crippen molar-refractivity contribution in [2.45, 2.75) is 44.9 Å². The number of carbonyl (C=O) groups excluding carboxylic acids is 1. The summed E-state index contributed by atoms with van der Waals surface area (Å²) in [6.45, 7) is 2.77. The Labute approximate surface area is 218 Å². The average molecular weight is 516 g/mol. The Kier molecular flexibility index (Phi) is 7.51. The smallest absolute Gasteiger partial charge is 0.257 e. The standard InChI is InChI=1S/C27H26FN7OS/c1-2-3-13-29-22-15-19(26-32-34-35-33-26)9-10-20(22)27(36)31-23-14-17(7-11-21(23)28)8-12-25-30-24(16-37-25)18-5-4-6-18/h7,9-11,14-16,18,29H,2-6,13H2,1H3,(H,31,36)(H,32,33,34,35). The van der Waals surface area contributed by atoms with Crippen LogP contribution in [-0.2, 0) is 0 Å². The number of tetrazole rings is 1. The summed E-state index contributed by atoms with van der Waals surface area (Å²) in [5.74, 6) is 6.11. The minimum atomic E-state index is -0.538. The lowest BCUT2D eigenvalue weighted by molar-refractivity contribution is 0.102. The van der Waals surface area contributed by atoms with Gasteiger partial charge in [0.05, 0.1) is 16.9 Å². The monoisotopic (exact) mass is 515 g/mol. The first-order chi connectivity index (χ1) is 18.1. The topological polar surface area (TPSA) is 108 Å². The van der Waals surface area contributed by atoms with Crippen molar-refractivity contribution < 1.29 is 9.18 Å². The number of hydrogen-bond acceptors (Lipinski definition) is 7. The Hall–Kier alpha value is -4.10. The molecule has 37 heavy (non-hydrogen) atoms. The van der Waals surface area contributed by atoms with E-state index in [1.165, 1.54) is 36.7 Å². The molecule has 0 radical (unpaired) electrons. The van der Waals surface area contributed by atoms with E-state index in [2.05, 4.69) is 60.4 Å². The Morgan fingerprint density at radius 1 is 1.19 bits per heavy atom. The van der Waals surface area contributed by atoms with Gasteiger partial charge in [-0.1, -0.05) is 31.8 Å².